The Morgan fingerprint density at radius 1 is 1.32 bits per heavy atom. The predicted octanol–water partition coefficient (Wildman–Crippen LogP) is 2.99. The van der Waals surface area contributed by atoms with Crippen molar-refractivity contribution in [3.63, 3.8) is 0 Å². The number of aliphatic hydroxyl groups is 1. The average molecular weight is 263 g/mol. The van der Waals surface area contributed by atoms with Crippen LogP contribution in [0.3, 0.4) is 0 Å². The molecule has 1 aromatic carbocycles. The summed E-state index contributed by atoms with van der Waals surface area (Å²) in [6, 6.07) is 8.24. The Morgan fingerprint density at radius 3 is 2.63 bits per heavy atom. The van der Waals surface area contributed by atoms with E-state index in [4.69, 9.17) is 4.74 Å². The summed E-state index contributed by atoms with van der Waals surface area (Å²) in [5.74, 6) is 0.685. The van der Waals surface area contributed by atoms with E-state index < -0.39 is 0 Å². The summed E-state index contributed by atoms with van der Waals surface area (Å²) < 4.78 is 5.24. The maximum absolute atomic E-state index is 10.1. The molecule has 0 aromatic heterocycles. The van der Waals surface area contributed by atoms with Gasteiger partial charge < -0.3 is 14.7 Å². The van der Waals surface area contributed by atoms with E-state index in [1.807, 2.05) is 19.1 Å². The number of hydrogen-bond acceptors (Lipinski definition) is 3. The molecule has 1 atom stereocenters. The van der Waals surface area contributed by atoms with E-state index >= 15 is 0 Å². The Hall–Kier alpha value is -1.06. The van der Waals surface area contributed by atoms with Gasteiger partial charge in [0.2, 0.25) is 0 Å². The highest BCUT2D eigenvalue weighted by Crippen LogP contribution is 2.31. The van der Waals surface area contributed by atoms with Crippen molar-refractivity contribution in [3.05, 3.63) is 29.8 Å². The molecule has 1 aromatic rings. The van der Waals surface area contributed by atoms with Gasteiger partial charge >= 0.3 is 0 Å². The van der Waals surface area contributed by atoms with Crippen molar-refractivity contribution < 1.29 is 9.84 Å². The van der Waals surface area contributed by atoms with Crippen LogP contribution in [-0.2, 0) is 4.74 Å². The smallest absolute Gasteiger partial charge is 0.0807 e. The third-order valence-corrected chi connectivity index (χ3v) is 4.04. The van der Waals surface area contributed by atoms with Crippen LogP contribution in [-0.4, -0.2) is 31.9 Å². The molecule has 2 rings (SSSR count). The van der Waals surface area contributed by atoms with Crippen molar-refractivity contribution in [1.82, 2.24) is 0 Å². The molecule has 0 spiro atoms. The summed E-state index contributed by atoms with van der Waals surface area (Å²) in [5.41, 5.74) is 2.27. The van der Waals surface area contributed by atoms with Crippen molar-refractivity contribution in [3.8, 4) is 0 Å². The quantitative estimate of drug-likeness (QED) is 0.886. The molecule has 1 saturated heterocycles. The minimum atomic E-state index is -0.354. The van der Waals surface area contributed by atoms with E-state index in [-0.39, 0.29) is 6.10 Å². The SMILES string of the molecule is CC[C@H](O)c1ccccc1N1CCC(COC)CC1. The Kier molecular flexibility index (Phi) is 5.23. The molecular weight excluding hydrogens is 238 g/mol. The number of hydrogen-bond donors (Lipinski definition) is 1. The van der Waals surface area contributed by atoms with Gasteiger partial charge in [-0.05, 0) is 31.2 Å². The third-order valence-electron chi connectivity index (χ3n) is 4.04. The van der Waals surface area contributed by atoms with Crippen LogP contribution in [0.5, 0.6) is 0 Å². The first-order valence-electron chi connectivity index (χ1n) is 7.27. The number of piperidine rings is 1. The van der Waals surface area contributed by atoms with E-state index in [0.717, 1.165) is 31.7 Å². The van der Waals surface area contributed by atoms with Crippen LogP contribution in [0.2, 0.25) is 0 Å². The van der Waals surface area contributed by atoms with Gasteiger partial charge in [0.15, 0.2) is 0 Å². The fourth-order valence-corrected chi connectivity index (χ4v) is 2.85. The normalized spacial score (nSPS) is 18.6. The average Bonchev–Trinajstić information content (AvgIpc) is 2.47. The summed E-state index contributed by atoms with van der Waals surface area (Å²) in [5, 5.41) is 10.1. The zero-order valence-corrected chi connectivity index (χ0v) is 12.0. The van der Waals surface area contributed by atoms with Crippen LogP contribution in [0.1, 0.15) is 37.9 Å². The van der Waals surface area contributed by atoms with Crippen LogP contribution in [0.15, 0.2) is 24.3 Å². The number of ether oxygens (including phenoxy) is 1. The number of nitrogens with zero attached hydrogens (tertiary/aromatic N) is 1. The number of anilines is 1. The van der Waals surface area contributed by atoms with Gasteiger partial charge in [0.1, 0.15) is 0 Å². The van der Waals surface area contributed by atoms with Gasteiger partial charge in [-0.25, -0.2) is 0 Å². The van der Waals surface area contributed by atoms with Crippen molar-refractivity contribution in [2.24, 2.45) is 5.92 Å². The summed E-state index contributed by atoms with van der Waals surface area (Å²) >= 11 is 0. The number of benzene rings is 1. The molecule has 0 aliphatic carbocycles. The first-order valence-corrected chi connectivity index (χ1v) is 7.27. The summed E-state index contributed by atoms with van der Waals surface area (Å²) in [4.78, 5) is 2.40. The van der Waals surface area contributed by atoms with Crippen LogP contribution in [0, 0.1) is 5.92 Å². The standard InChI is InChI=1S/C16H25NO2/c1-3-16(18)14-6-4-5-7-15(14)17-10-8-13(9-11-17)12-19-2/h4-7,13,16,18H,3,8-12H2,1-2H3/t16-/m0/s1. The second-order valence-corrected chi connectivity index (χ2v) is 5.37. The van der Waals surface area contributed by atoms with Crippen molar-refractivity contribution in [2.75, 3.05) is 31.7 Å². The van der Waals surface area contributed by atoms with Crippen molar-refractivity contribution in [2.45, 2.75) is 32.3 Å². The fourth-order valence-electron chi connectivity index (χ4n) is 2.85. The van der Waals surface area contributed by atoms with Crippen molar-refractivity contribution in [1.29, 1.82) is 0 Å². The number of aliphatic hydroxyl groups excluding tert-OH is 1. The second kappa shape index (κ2) is 6.92. The molecule has 19 heavy (non-hydrogen) atoms. The maximum Gasteiger partial charge on any atom is 0.0807 e. The Morgan fingerprint density at radius 2 is 2.00 bits per heavy atom. The minimum absolute atomic E-state index is 0.354. The Bertz CT molecular complexity index is 386. The topological polar surface area (TPSA) is 32.7 Å². The summed E-state index contributed by atoms with van der Waals surface area (Å²) in [6.07, 6.45) is 2.75. The van der Waals surface area contributed by atoms with E-state index in [9.17, 15) is 5.11 Å². The van der Waals surface area contributed by atoms with Gasteiger partial charge in [-0.1, -0.05) is 25.1 Å². The molecule has 106 valence electrons. The molecule has 1 aliphatic heterocycles. The highest BCUT2D eigenvalue weighted by molar-refractivity contribution is 5.54. The lowest BCUT2D eigenvalue weighted by Gasteiger charge is -2.35. The van der Waals surface area contributed by atoms with E-state index in [0.29, 0.717) is 5.92 Å². The van der Waals surface area contributed by atoms with Gasteiger partial charge in [-0.2, -0.15) is 0 Å². The highest BCUT2D eigenvalue weighted by Gasteiger charge is 2.22. The molecule has 1 aliphatic rings. The van der Waals surface area contributed by atoms with E-state index in [2.05, 4.69) is 17.0 Å². The van der Waals surface area contributed by atoms with Crippen LogP contribution in [0.25, 0.3) is 0 Å². The number of methoxy groups -OCH3 is 1. The Labute approximate surface area is 116 Å². The molecule has 1 N–H and O–H groups in total. The molecule has 0 amide bonds. The van der Waals surface area contributed by atoms with Gasteiger partial charge in [0.05, 0.1) is 6.10 Å². The van der Waals surface area contributed by atoms with E-state index in [1.54, 1.807) is 7.11 Å². The zero-order valence-electron chi connectivity index (χ0n) is 12.0. The van der Waals surface area contributed by atoms with Gasteiger partial charge in [0, 0.05) is 38.1 Å². The number of para-hydroxylation sites is 1. The lowest BCUT2D eigenvalue weighted by Crippen LogP contribution is -2.35. The zero-order chi connectivity index (χ0) is 13.7. The molecule has 0 radical (unpaired) electrons. The molecule has 1 heterocycles. The van der Waals surface area contributed by atoms with Crippen molar-refractivity contribution >= 4 is 5.69 Å². The predicted molar refractivity (Wildman–Crippen MR) is 78.5 cm³/mol. The largest absolute Gasteiger partial charge is 0.388 e. The van der Waals surface area contributed by atoms with Crippen LogP contribution < -0.4 is 4.90 Å². The first-order chi connectivity index (χ1) is 9.26. The van der Waals surface area contributed by atoms with E-state index in [1.165, 1.54) is 18.5 Å². The second-order valence-electron chi connectivity index (χ2n) is 5.37. The molecule has 1 fully saturated rings. The van der Waals surface area contributed by atoms with Gasteiger partial charge in [-0.15, -0.1) is 0 Å². The summed E-state index contributed by atoms with van der Waals surface area (Å²) in [6.45, 7) is 5.00. The molecule has 3 heteroatoms. The van der Waals surface area contributed by atoms with Crippen LogP contribution >= 0.6 is 0 Å². The third kappa shape index (κ3) is 3.48. The molecule has 0 bridgehead atoms. The molecule has 3 nitrogen and oxygen atoms in total. The molecular formula is C16H25NO2. The Balaban J connectivity index is 2.07. The minimum Gasteiger partial charge on any atom is -0.388 e. The van der Waals surface area contributed by atoms with Gasteiger partial charge in [-0.3, -0.25) is 0 Å². The fraction of sp³-hybridized carbons (Fsp3) is 0.625. The number of rotatable bonds is 5. The summed E-state index contributed by atoms with van der Waals surface area (Å²) in [7, 11) is 1.78. The first kappa shape index (κ1) is 14.4. The maximum atomic E-state index is 10.1. The molecule has 0 saturated carbocycles. The lowest BCUT2D eigenvalue weighted by atomic mass is 9.96. The molecule has 0 unspecified atom stereocenters. The lowest BCUT2D eigenvalue weighted by molar-refractivity contribution is 0.138. The van der Waals surface area contributed by atoms with Gasteiger partial charge in [0.25, 0.3) is 0 Å². The highest BCUT2D eigenvalue weighted by atomic mass is 16.5. The monoisotopic (exact) mass is 263 g/mol. The van der Waals surface area contributed by atoms with Crippen LogP contribution in [0.4, 0.5) is 5.69 Å².